The summed E-state index contributed by atoms with van der Waals surface area (Å²) in [6.45, 7) is 3.44. The Morgan fingerprint density at radius 2 is 1.96 bits per heavy atom. The minimum absolute atomic E-state index is 0.0645. The molecule has 7 nitrogen and oxygen atoms in total. The van der Waals surface area contributed by atoms with Gasteiger partial charge in [0.1, 0.15) is 17.8 Å². The Bertz CT molecular complexity index is 700. The second-order valence-electron chi connectivity index (χ2n) is 7.37. The monoisotopic (exact) mass is 345 g/mol. The van der Waals surface area contributed by atoms with E-state index in [1.54, 1.807) is 6.33 Å². The SMILES string of the molecule is OC(C1CCCNC1)C(O)C1CCCN(c2ncnc3[nH]ccc23)C1. The van der Waals surface area contributed by atoms with Crippen LogP contribution < -0.4 is 10.2 Å². The first-order valence-electron chi connectivity index (χ1n) is 9.34. The molecule has 0 aromatic carbocycles. The predicted molar refractivity (Wildman–Crippen MR) is 96.4 cm³/mol. The molecule has 4 heterocycles. The van der Waals surface area contributed by atoms with E-state index >= 15 is 0 Å². The van der Waals surface area contributed by atoms with Crippen molar-refractivity contribution in [3.63, 3.8) is 0 Å². The maximum atomic E-state index is 10.8. The van der Waals surface area contributed by atoms with Crippen LogP contribution in [0, 0.1) is 11.8 Å². The molecule has 2 aromatic rings. The molecule has 136 valence electrons. The number of aromatic nitrogens is 3. The van der Waals surface area contributed by atoms with Gasteiger partial charge in [-0.15, -0.1) is 0 Å². The Hall–Kier alpha value is -1.70. The second-order valence-corrected chi connectivity index (χ2v) is 7.37. The number of aliphatic hydroxyl groups excluding tert-OH is 2. The van der Waals surface area contributed by atoms with Crippen molar-refractivity contribution in [1.82, 2.24) is 20.3 Å². The first-order chi connectivity index (χ1) is 12.2. The van der Waals surface area contributed by atoms with Gasteiger partial charge < -0.3 is 25.4 Å². The number of rotatable bonds is 4. The average Bonchev–Trinajstić information content (AvgIpc) is 3.16. The quantitative estimate of drug-likeness (QED) is 0.657. The highest BCUT2D eigenvalue weighted by Crippen LogP contribution is 2.30. The van der Waals surface area contributed by atoms with Gasteiger partial charge in [-0.05, 0) is 44.2 Å². The summed E-state index contributed by atoms with van der Waals surface area (Å²) in [5.41, 5.74) is 0.834. The first-order valence-corrected chi connectivity index (χ1v) is 9.34. The van der Waals surface area contributed by atoms with Crippen LogP contribution in [-0.2, 0) is 0 Å². The Morgan fingerprint density at radius 3 is 2.80 bits per heavy atom. The molecule has 4 atom stereocenters. The van der Waals surface area contributed by atoms with Crippen LogP contribution in [0.4, 0.5) is 5.82 Å². The van der Waals surface area contributed by atoms with Crippen molar-refractivity contribution in [1.29, 1.82) is 0 Å². The van der Waals surface area contributed by atoms with Crippen molar-refractivity contribution in [3.05, 3.63) is 18.6 Å². The van der Waals surface area contributed by atoms with E-state index in [1.807, 2.05) is 12.3 Å². The van der Waals surface area contributed by atoms with Gasteiger partial charge in [-0.1, -0.05) is 0 Å². The maximum Gasteiger partial charge on any atom is 0.142 e. The lowest BCUT2D eigenvalue weighted by atomic mass is 9.82. The molecule has 2 aliphatic heterocycles. The largest absolute Gasteiger partial charge is 0.390 e. The van der Waals surface area contributed by atoms with Crippen LogP contribution in [0.5, 0.6) is 0 Å². The maximum absolute atomic E-state index is 10.8. The third-order valence-corrected chi connectivity index (χ3v) is 5.74. The Balaban J connectivity index is 1.48. The number of hydrogen-bond acceptors (Lipinski definition) is 6. The number of anilines is 1. The molecule has 0 spiro atoms. The van der Waals surface area contributed by atoms with Crippen LogP contribution >= 0.6 is 0 Å². The van der Waals surface area contributed by atoms with Crippen molar-refractivity contribution in [3.8, 4) is 0 Å². The van der Waals surface area contributed by atoms with Crippen LogP contribution in [0.15, 0.2) is 18.6 Å². The Labute approximate surface area is 147 Å². The molecule has 4 unspecified atom stereocenters. The number of H-pyrrole nitrogens is 1. The summed E-state index contributed by atoms with van der Waals surface area (Å²) in [5, 5.41) is 25.8. The van der Waals surface area contributed by atoms with Gasteiger partial charge in [-0.2, -0.15) is 0 Å². The minimum atomic E-state index is -0.684. The van der Waals surface area contributed by atoms with Crippen LogP contribution in [0.3, 0.4) is 0 Å². The lowest BCUT2D eigenvalue weighted by molar-refractivity contribution is -0.0545. The van der Waals surface area contributed by atoms with Gasteiger partial charge in [-0.25, -0.2) is 9.97 Å². The summed E-state index contributed by atoms with van der Waals surface area (Å²) >= 11 is 0. The Kier molecular flexibility index (Phi) is 4.87. The lowest BCUT2D eigenvalue weighted by Crippen LogP contribution is -2.49. The highest BCUT2D eigenvalue weighted by Gasteiger charge is 2.35. The van der Waals surface area contributed by atoms with Gasteiger partial charge in [0.25, 0.3) is 0 Å². The first kappa shape index (κ1) is 16.8. The van der Waals surface area contributed by atoms with Crippen LogP contribution in [0.25, 0.3) is 11.0 Å². The third-order valence-electron chi connectivity index (χ3n) is 5.74. The molecule has 0 aliphatic carbocycles. The highest BCUT2D eigenvalue weighted by molar-refractivity contribution is 5.87. The Morgan fingerprint density at radius 1 is 1.12 bits per heavy atom. The molecule has 25 heavy (non-hydrogen) atoms. The van der Waals surface area contributed by atoms with Crippen molar-refractivity contribution in [2.45, 2.75) is 37.9 Å². The molecule has 0 radical (unpaired) electrons. The predicted octanol–water partition coefficient (Wildman–Crippen LogP) is 0.896. The van der Waals surface area contributed by atoms with Gasteiger partial charge in [0.05, 0.1) is 17.6 Å². The summed E-state index contributed by atoms with van der Waals surface area (Å²) in [6, 6.07) is 1.99. The molecule has 2 fully saturated rings. The second kappa shape index (κ2) is 7.27. The van der Waals surface area contributed by atoms with Crippen molar-refractivity contribution < 1.29 is 10.2 Å². The molecule has 2 aliphatic rings. The topological polar surface area (TPSA) is 97.3 Å². The molecule has 0 bridgehead atoms. The number of fused-ring (bicyclic) bond motifs is 1. The molecule has 4 rings (SSSR count). The number of nitrogens with one attached hydrogen (secondary N) is 2. The van der Waals surface area contributed by atoms with E-state index in [0.29, 0.717) is 0 Å². The molecule has 2 aromatic heterocycles. The summed E-state index contributed by atoms with van der Waals surface area (Å²) < 4.78 is 0. The van der Waals surface area contributed by atoms with Gasteiger partial charge in [-0.3, -0.25) is 0 Å². The van der Waals surface area contributed by atoms with E-state index in [-0.39, 0.29) is 11.8 Å². The van der Waals surface area contributed by atoms with E-state index in [4.69, 9.17) is 0 Å². The number of nitrogens with zero attached hydrogens (tertiary/aromatic N) is 3. The molecule has 4 N–H and O–H groups in total. The van der Waals surface area contributed by atoms with Gasteiger partial charge >= 0.3 is 0 Å². The summed E-state index contributed by atoms with van der Waals surface area (Å²) in [4.78, 5) is 14.1. The average molecular weight is 345 g/mol. The van der Waals surface area contributed by atoms with Crippen molar-refractivity contribution in [2.75, 3.05) is 31.1 Å². The van der Waals surface area contributed by atoms with Crippen molar-refractivity contribution in [2.24, 2.45) is 11.8 Å². The molecule has 2 saturated heterocycles. The number of piperidine rings is 2. The minimum Gasteiger partial charge on any atom is -0.390 e. The van der Waals surface area contributed by atoms with Crippen LogP contribution in [0.2, 0.25) is 0 Å². The molecule has 7 heteroatoms. The standard InChI is InChI=1S/C18H27N5O2/c24-15(12-3-1-6-19-9-12)16(25)13-4-2-8-23(10-13)18-14-5-7-20-17(14)21-11-22-18/h5,7,11-13,15-16,19,24-25H,1-4,6,8-10H2,(H,20,21,22). The highest BCUT2D eigenvalue weighted by atomic mass is 16.3. The number of hydrogen-bond donors (Lipinski definition) is 4. The zero-order valence-corrected chi connectivity index (χ0v) is 14.4. The van der Waals surface area contributed by atoms with E-state index in [1.165, 1.54) is 0 Å². The zero-order valence-electron chi connectivity index (χ0n) is 14.4. The number of aromatic amines is 1. The van der Waals surface area contributed by atoms with Crippen molar-refractivity contribution >= 4 is 16.9 Å². The number of aliphatic hydroxyl groups is 2. The van der Waals surface area contributed by atoms with E-state index < -0.39 is 12.2 Å². The third kappa shape index (κ3) is 3.36. The summed E-state index contributed by atoms with van der Waals surface area (Å²) in [7, 11) is 0. The fraction of sp³-hybridized carbons (Fsp3) is 0.667. The summed E-state index contributed by atoms with van der Waals surface area (Å²) in [5.74, 6) is 1.13. The smallest absolute Gasteiger partial charge is 0.142 e. The van der Waals surface area contributed by atoms with Gasteiger partial charge in [0.15, 0.2) is 0 Å². The van der Waals surface area contributed by atoms with E-state index in [9.17, 15) is 10.2 Å². The summed E-state index contributed by atoms with van der Waals surface area (Å²) in [6.07, 6.45) is 6.10. The van der Waals surface area contributed by atoms with Crippen LogP contribution in [0.1, 0.15) is 25.7 Å². The van der Waals surface area contributed by atoms with Gasteiger partial charge in [0, 0.05) is 31.7 Å². The van der Waals surface area contributed by atoms with E-state index in [2.05, 4.69) is 25.2 Å². The zero-order chi connectivity index (χ0) is 17.2. The molecule has 0 saturated carbocycles. The molecule has 0 amide bonds. The fourth-order valence-corrected chi connectivity index (χ4v) is 4.32. The van der Waals surface area contributed by atoms with Gasteiger partial charge in [0.2, 0.25) is 0 Å². The van der Waals surface area contributed by atoms with E-state index in [0.717, 1.165) is 68.7 Å². The lowest BCUT2D eigenvalue weighted by Gasteiger charge is -2.39. The normalized spacial score (nSPS) is 27.4. The fourth-order valence-electron chi connectivity index (χ4n) is 4.32. The molecular formula is C18H27N5O2. The van der Waals surface area contributed by atoms with Crippen LogP contribution in [-0.4, -0.2) is 63.6 Å². The molecular weight excluding hydrogens is 318 g/mol.